The Morgan fingerprint density at radius 3 is 2.80 bits per heavy atom. The summed E-state index contributed by atoms with van der Waals surface area (Å²) in [7, 11) is 0. The normalized spacial score (nSPS) is 28.9. The first-order valence-corrected chi connectivity index (χ1v) is 8.02. The van der Waals surface area contributed by atoms with Crippen molar-refractivity contribution in [3.63, 3.8) is 0 Å². The highest BCUT2D eigenvalue weighted by Crippen LogP contribution is 2.48. The molecule has 3 aliphatic carbocycles. The van der Waals surface area contributed by atoms with Crippen LogP contribution in [0.1, 0.15) is 43.2 Å². The van der Waals surface area contributed by atoms with Gasteiger partial charge in [0.05, 0.1) is 6.04 Å². The van der Waals surface area contributed by atoms with Crippen LogP contribution in [0.4, 0.5) is 5.69 Å². The summed E-state index contributed by atoms with van der Waals surface area (Å²) in [6.45, 7) is 0. The number of benzene rings is 1. The van der Waals surface area contributed by atoms with Crippen LogP contribution in [0.25, 0.3) is 0 Å². The lowest BCUT2D eigenvalue weighted by molar-refractivity contribution is 0.274. The van der Waals surface area contributed by atoms with E-state index in [2.05, 4.69) is 28.5 Å². The molecule has 2 saturated carbocycles. The molecule has 1 aromatic rings. The van der Waals surface area contributed by atoms with Gasteiger partial charge in [0.2, 0.25) is 0 Å². The van der Waals surface area contributed by atoms with Crippen molar-refractivity contribution in [3.8, 4) is 0 Å². The molecule has 0 aliphatic heterocycles. The Hall–Kier alpha value is -1.51. The van der Waals surface area contributed by atoms with E-state index in [4.69, 9.17) is 5.73 Å². The largest absolute Gasteiger partial charge is 0.370 e. The van der Waals surface area contributed by atoms with Gasteiger partial charge in [-0.05, 0) is 60.8 Å². The third-order valence-electron chi connectivity index (χ3n) is 5.24. The Kier molecular flexibility index (Phi) is 2.94. The summed E-state index contributed by atoms with van der Waals surface area (Å²) in [5, 5.41) is 3.27. The fourth-order valence-corrected chi connectivity index (χ4v) is 3.73. The minimum absolute atomic E-state index is 0.488. The molecule has 0 saturated heterocycles. The van der Waals surface area contributed by atoms with Crippen molar-refractivity contribution >= 4 is 11.6 Å². The van der Waals surface area contributed by atoms with Crippen molar-refractivity contribution in [2.75, 3.05) is 5.32 Å². The average molecular weight is 269 g/mol. The molecule has 2 fully saturated rings. The first-order valence-electron chi connectivity index (χ1n) is 8.02. The summed E-state index contributed by atoms with van der Waals surface area (Å²) in [6, 6.07) is 7.08. The van der Waals surface area contributed by atoms with Gasteiger partial charge in [-0.1, -0.05) is 25.3 Å². The molecule has 3 heteroatoms. The number of nitrogens with two attached hydrogens (primary N) is 1. The van der Waals surface area contributed by atoms with Crippen molar-refractivity contribution in [1.29, 1.82) is 0 Å². The van der Waals surface area contributed by atoms with E-state index in [0.717, 1.165) is 17.5 Å². The molecule has 20 heavy (non-hydrogen) atoms. The van der Waals surface area contributed by atoms with Gasteiger partial charge in [0.15, 0.2) is 5.96 Å². The smallest absolute Gasteiger partial charge is 0.193 e. The second kappa shape index (κ2) is 4.80. The molecule has 3 nitrogen and oxygen atoms in total. The number of rotatable bonds is 3. The molecule has 0 heterocycles. The van der Waals surface area contributed by atoms with Gasteiger partial charge in [-0.15, -0.1) is 0 Å². The molecule has 0 radical (unpaired) electrons. The molecule has 3 N–H and O–H groups in total. The number of anilines is 1. The maximum atomic E-state index is 6.05. The number of hydrogen-bond donors (Lipinski definition) is 2. The molecule has 106 valence electrons. The molecule has 0 aromatic heterocycles. The van der Waals surface area contributed by atoms with E-state index in [1.165, 1.54) is 56.1 Å². The van der Waals surface area contributed by atoms with E-state index >= 15 is 0 Å². The van der Waals surface area contributed by atoms with Crippen LogP contribution in [0, 0.1) is 11.8 Å². The Balaban J connectivity index is 1.38. The standard InChI is InChI=1S/C17H23N3/c18-17(20-16-10-15(16)12-4-2-5-12)19-14-8-7-11-3-1-6-13(11)9-14/h7-9,12,15-16H,1-6,10H2,(H3,18,19,20)/t15-,16+/m0/s1. The van der Waals surface area contributed by atoms with Crippen molar-refractivity contribution < 1.29 is 0 Å². The molecular formula is C17H23N3. The zero-order valence-corrected chi connectivity index (χ0v) is 11.9. The van der Waals surface area contributed by atoms with Gasteiger partial charge < -0.3 is 11.1 Å². The van der Waals surface area contributed by atoms with E-state index in [-0.39, 0.29) is 0 Å². The zero-order valence-electron chi connectivity index (χ0n) is 11.9. The van der Waals surface area contributed by atoms with Gasteiger partial charge in [0.25, 0.3) is 0 Å². The van der Waals surface area contributed by atoms with Crippen LogP contribution in [0.2, 0.25) is 0 Å². The van der Waals surface area contributed by atoms with Crippen molar-refractivity contribution in [2.45, 2.75) is 51.0 Å². The van der Waals surface area contributed by atoms with E-state index < -0.39 is 0 Å². The number of aliphatic imine (C=N–C) groups is 1. The lowest BCUT2D eigenvalue weighted by Gasteiger charge is -2.25. The molecular weight excluding hydrogens is 246 g/mol. The van der Waals surface area contributed by atoms with Gasteiger partial charge in [-0.3, -0.25) is 0 Å². The van der Waals surface area contributed by atoms with Gasteiger partial charge >= 0.3 is 0 Å². The lowest BCUT2D eigenvalue weighted by atomic mass is 9.81. The minimum Gasteiger partial charge on any atom is -0.370 e. The maximum absolute atomic E-state index is 6.05. The molecule has 2 atom stereocenters. The molecule has 0 spiro atoms. The lowest BCUT2D eigenvalue weighted by Crippen LogP contribution is -2.24. The van der Waals surface area contributed by atoms with E-state index in [0.29, 0.717) is 12.0 Å². The average Bonchev–Trinajstić information content (AvgIpc) is 2.92. The number of hydrogen-bond acceptors (Lipinski definition) is 1. The number of nitrogens with zero attached hydrogens (tertiary/aromatic N) is 1. The van der Waals surface area contributed by atoms with Crippen LogP contribution in [-0.4, -0.2) is 12.0 Å². The topological polar surface area (TPSA) is 50.4 Å². The highest BCUT2D eigenvalue weighted by molar-refractivity contribution is 5.92. The zero-order chi connectivity index (χ0) is 13.5. The Morgan fingerprint density at radius 1 is 1.15 bits per heavy atom. The van der Waals surface area contributed by atoms with Crippen LogP contribution in [-0.2, 0) is 12.8 Å². The van der Waals surface area contributed by atoms with Crippen molar-refractivity contribution in [3.05, 3.63) is 29.3 Å². The molecule has 0 unspecified atom stereocenters. The number of nitrogens with one attached hydrogen (secondary N) is 1. The molecule has 4 rings (SSSR count). The summed E-state index contributed by atoms with van der Waals surface area (Å²) >= 11 is 0. The van der Waals surface area contributed by atoms with Crippen molar-refractivity contribution in [1.82, 2.24) is 0 Å². The number of guanidine groups is 1. The fraction of sp³-hybridized carbons (Fsp3) is 0.588. The predicted octanol–water partition coefficient (Wildman–Crippen LogP) is 3.09. The van der Waals surface area contributed by atoms with E-state index in [1.807, 2.05) is 0 Å². The van der Waals surface area contributed by atoms with Crippen LogP contribution >= 0.6 is 0 Å². The molecule has 3 aliphatic rings. The first-order chi connectivity index (χ1) is 9.79. The predicted molar refractivity (Wildman–Crippen MR) is 82.9 cm³/mol. The second-order valence-electron chi connectivity index (χ2n) is 6.63. The third-order valence-corrected chi connectivity index (χ3v) is 5.24. The van der Waals surface area contributed by atoms with E-state index in [9.17, 15) is 0 Å². The number of aryl methyl sites for hydroxylation is 2. The summed E-state index contributed by atoms with van der Waals surface area (Å²) in [4.78, 5) is 4.64. The second-order valence-corrected chi connectivity index (χ2v) is 6.63. The van der Waals surface area contributed by atoms with Gasteiger partial charge in [0.1, 0.15) is 0 Å². The highest BCUT2D eigenvalue weighted by Gasteiger charge is 2.45. The number of fused-ring (bicyclic) bond motifs is 1. The molecule has 1 aromatic carbocycles. The van der Waals surface area contributed by atoms with Crippen LogP contribution in [0.5, 0.6) is 0 Å². The van der Waals surface area contributed by atoms with Crippen LogP contribution in [0.3, 0.4) is 0 Å². The van der Waals surface area contributed by atoms with Crippen LogP contribution in [0.15, 0.2) is 23.2 Å². The highest BCUT2D eigenvalue weighted by atomic mass is 15.1. The Morgan fingerprint density at radius 2 is 2.00 bits per heavy atom. The SMILES string of the molecule is NC(=N[C@@H]1C[C@H]1C1CCC1)Nc1ccc2c(c1)CCC2. The minimum atomic E-state index is 0.488. The molecule has 0 bridgehead atoms. The summed E-state index contributed by atoms with van der Waals surface area (Å²) in [5.74, 6) is 2.36. The van der Waals surface area contributed by atoms with Crippen LogP contribution < -0.4 is 11.1 Å². The fourth-order valence-electron chi connectivity index (χ4n) is 3.73. The first kappa shape index (κ1) is 12.2. The Bertz CT molecular complexity index is 545. The maximum Gasteiger partial charge on any atom is 0.193 e. The third kappa shape index (κ3) is 2.30. The van der Waals surface area contributed by atoms with E-state index in [1.54, 1.807) is 0 Å². The monoisotopic (exact) mass is 269 g/mol. The summed E-state index contributed by atoms with van der Waals surface area (Å²) < 4.78 is 0. The van der Waals surface area contributed by atoms with Gasteiger partial charge in [-0.25, -0.2) is 4.99 Å². The summed E-state index contributed by atoms with van der Waals surface area (Å²) in [6.07, 6.45) is 9.20. The summed E-state index contributed by atoms with van der Waals surface area (Å²) in [5.41, 5.74) is 10.1. The molecule has 0 amide bonds. The Labute approximate surface area is 120 Å². The van der Waals surface area contributed by atoms with Gasteiger partial charge in [0, 0.05) is 5.69 Å². The quantitative estimate of drug-likeness (QED) is 0.654. The van der Waals surface area contributed by atoms with Gasteiger partial charge in [-0.2, -0.15) is 0 Å². The van der Waals surface area contributed by atoms with Crippen molar-refractivity contribution in [2.24, 2.45) is 22.6 Å².